The molecule has 4 nitrogen and oxygen atoms in total. The zero-order chi connectivity index (χ0) is 11.6. The summed E-state index contributed by atoms with van der Waals surface area (Å²) in [6.45, 7) is 0. The van der Waals surface area contributed by atoms with E-state index in [4.69, 9.17) is 10.8 Å². The fourth-order valence-electron chi connectivity index (χ4n) is 1.03. The topological polar surface area (TPSA) is 76.2 Å². The van der Waals surface area contributed by atoms with Gasteiger partial charge in [-0.2, -0.15) is 0 Å². The number of pyridine rings is 1. The summed E-state index contributed by atoms with van der Waals surface area (Å²) < 4.78 is 24.9. The van der Waals surface area contributed by atoms with Crippen molar-refractivity contribution in [2.24, 2.45) is 0 Å². The molecule has 0 aliphatic carbocycles. The first-order valence-corrected chi connectivity index (χ1v) is 4.96. The number of alkyl halides is 3. The molecule has 15 heavy (non-hydrogen) atoms. The molecule has 0 aliphatic heterocycles. The van der Waals surface area contributed by atoms with Crippen LogP contribution in [0.15, 0.2) is 6.07 Å². The van der Waals surface area contributed by atoms with Crippen molar-refractivity contribution < 1.29 is 18.7 Å². The minimum atomic E-state index is -2.94. The van der Waals surface area contributed by atoms with Crippen LogP contribution in [0.25, 0.3) is 0 Å². The highest BCUT2D eigenvalue weighted by Gasteiger charge is 2.21. The summed E-state index contributed by atoms with van der Waals surface area (Å²) in [5, 5.41) is 8.85. The van der Waals surface area contributed by atoms with E-state index in [-0.39, 0.29) is 16.7 Å². The number of halogens is 3. The number of anilines is 1. The van der Waals surface area contributed by atoms with Crippen molar-refractivity contribution in [3.63, 3.8) is 0 Å². The Morgan fingerprint density at radius 3 is 2.67 bits per heavy atom. The van der Waals surface area contributed by atoms with Gasteiger partial charge in [0.2, 0.25) is 0 Å². The van der Waals surface area contributed by atoms with Gasteiger partial charge in [-0.3, -0.25) is 0 Å². The van der Waals surface area contributed by atoms with E-state index in [2.05, 4.69) is 20.9 Å². The van der Waals surface area contributed by atoms with E-state index in [0.29, 0.717) is 0 Å². The average molecular weight is 281 g/mol. The highest BCUT2D eigenvalue weighted by atomic mass is 79.9. The fraction of sp³-hybridized carbons (Fsp3) is 0.250. The number of hydrogen-bond donors (Lipinski definition) is 2. The number of nitrogen functional groups attached to an aromatic ring is 1. The van der Waals surface area contributed by atoms with Gasteiger partial charge in [-0.05, 0) is 6.07 Å². The smallest absolute Gasteiger partial charge is 0.337 e. The molecule has 0 saturated carbocycles. The number of nitrogens with zero attached hydrogens (tertiary/aromatic N) is 1. The van der Waals surface area contributed by atoms with Crippen molar-refractivity contribution in [3.8, 4) is 0 Å². The number of aromatic nitrogens is 1. The number of aromatic carboxylic acids is 1. The first kappa shape index (κ1) is 11.8. The molecule has 0 aromatic carbocycles. The van der Waals surface area contributed by atoms with Crippen LogP contribution in [0.1, 0.15) is 28.2 Å². The first-order chi connectivity index (χ1) is 6.97. The van der Waals surface area contributed by atoms with Crippen molar-refractivity contribution in [2.45, 2.75) is 11.8 Å². The van der Waals surface area contributed by atoms with Gasteiger partial charge in [-0.15, -0.1) is 0 Å². The highest BCUT2D eigenvalue weighted by Crippen LogP contribution is 2.25. The van der Waals surface area contributed by atoms with Gasteiger partial charge in [0.15, 0.2) is 0 Å². The molecular formula is C8H7BrF2N2O2. The highest BCUT2D eigenvalue weighted by molar-refractivity contribution is 9.08. The van der Waals surface area contributed by atoms with E-state index >= 15 is 0 Å². The molecule has 0 spiro atoms. The summed E-state index contributed by atoms with van der Waals surface area (Å²) in [5.74, 6) is -1.47. The molecule has 0 aliphatic rings. The Bertz CT molecular complexity index is 398. The monoisotopic (exact) mass is 280 g/mol. The van der Waals surface area contributed by atoms with Gasteiger partial charge in [0.25, 0.3) is 6.43 Å². The number of carboxylic acids is 1. The minimum Gasteiger partial charge on any atom is -0.478 e. The van der Waals surface area contributed by atoms with E-state index in [1.165, 1.54) is 0 Å². The van der Waals surface area contributed by atoms with E-state index in [9.17, 15) is 13.6 Å². The minimum absolute atomic E-state index is 0.0775. The lowest BCUT2D eigenvalue weighted by molar-refractivity contribution is 0.0682. The van der Waals surface area contributed by atoms with E-state index < -0.39 is 23.7 Å². The third-order valence-corrected chi connectivity index (χ3v) is 2.26. The largest absolute Gasteiger partial charge is 0.478 e. The maximum atomic E-state index is 12.5. The molecule has 1 heterocycles. The van der Waals surface area contributed by atoms with Crippen LogP contribution < -0.4 is 5.73 Å². The van der Waals surface area contributed by atoms with Gasteiger partial charge < -0.3 is 10.8 Å². The molecule has 0 amide bonds. The van der Waals surface area contributed by atoms with Crippen LogP contribution in [0.2, 0.25) is 0 Å². The molecule has 1 aromatic heterocycles. The Labute approximate surface area is 92.2 Å². The molecule has 0 fully saturated rings. The second-order valence-corrected chi connectivity index (χ2v) is 3.26. The maximum Gasteiger partial charge on any atom is 0.337 e. The van der Waals surface area contributed by atoms with Crippen LogP contribution in [0.5, 0.6) is 0 Å². The van der Waals surface area contributed by atoms with Crippen LogP contribution in [-0.2, 0) is 5.33 Å². The molecule has 82 valence electrons. The Kier molecular flexibility index (Phi) is 3.57. The zero-order valence-electron chi connectivity index (χ0n) is 7.38. The molecule has 0 bridgehead atoms. The Hall–Kier alpha value is -1.24. The SMILES string of the molecule is Nc1cc(C(=O)O)c(C(F)F)nc1CBr. The number of rotatable bonds is 3. The molecule has 1 rings (SSSR count). The standard InChI is InChI=1S/C8H7BrF2N2O2/c9-2-5-4(12)1-3(8(14)15)6(13-5)7(10)11/h1,7H,2,12H2,(H,14,15). The van der Waals surface area contributed by atoms with Crippen LogP contribution in [0, 0.1) is 0 Å². The van der Waals surface area contributed by atoms with Crippen LogP contribution >= 0.6 is 15.9 Å². The molecular weight excluding hydrogens is 274 g/mol. The lowest BCUT2D eigenvalue weighted by Gasteiger charge is -2.08. The van der Waals surface area contributed by atoms with Crippen molar-refractivity contribution in [1.82, 2.24) is 4.98 Å². The van der Waals surface area contributed by atoms with Gasteiger partial charge in [-0.25, -0.2) is 18.6 Å². The summed E-state index contributed by atoms with van der Waals surface area (Å²) >= 11 is 3.02. The number of hydrogen-bond acceptors (Lipinski definition) is 3. The van der Waals surface area contributed by atoms with E-state index in [1.54, 1.807) is 0 Å². The molecule has 7 heteroatoms. The lowest BCUT2D eigenvalue weighted by Crippen LogP contribution is -2.09. The predicted molar refractivity (Wildman–Crippen MR) is 53.2 cm³/mol. The molecule has 1 aromatic rings. The Morgan fingerprint density at radius 1 is 1.67 bits per heavy atom. The van der Waals surface area contributed by atoms with Gasteiger partial charge in [-0.1, -0.05) is 15.9 Å². The lowest BCUT2D eigenvalue weighted by atomic mass is 10.1. The molecule has 3 N–H and O–H groups in total. The van der Waals surface area contributed by atoms with Gasteiger partial charge in [0, 0.05) is 5.33 Å². The van der Waals surface area contributed by atoms with E-state index in [1.807, 2.05) is 0 Å². The second-order valence-electron chi connectivity index (χ2n) is 2.70. The molecule has 0 saturated heterocycles. The maximum absolute atomic E-state index is 12.5. The fourth-order valence-corrected chi connectivity index (χ4v) is 1.48. The Morgan fingerprint density at radius 2 is 2.27 bits per heavy atom. The van der Waals surface area contributed by atoms with Gasteiger partial charge in [0.1, 0.15) is 5.69 Å². The van der Waals surface area contributed by atoms with Crippen LogP contribution in [-0.4, -0.2) is 16.1 Å². The first-order valence-electron chi connectivity index (χ1n) is 3.84. The molecule has 0 unspecified atom stereocenters. The summed E-state index contributed by atoms with van der Waals surface area (Å²) in [6.07, 6.45) is -2.94. The van der Waals surface area contributed by atoms with Crippen LogP contribution in [0.3, 0.4) is 0 Å². The zero-order valence-corrected chi connectivity index (χ0v) is 8.96. The number of nitrogens with two attached hydrogens (primary N) is 1. The van der Waals surface area contributed by atoms with Crippen LogP contribution in [0.4, 0.5) is 14.5 Å². The quantitative estimate of drug-likeness (QED) is 0.833. The number of carbonyl (C=O) groups is 1. The van der Waals surface area contributed by atoms with E-state index in [0.717, 1.165) is 6.07 Å². The summed E-state index contributed by atoms with van der Waals surface area (Å²) in [7, 11) is 0. The van der Waals surface area contributed by atoms with Crippen molar-refractivity contribution in [2.75, 3.05) is 5.73 Å². The van der Waals surface area contributed by atoms with Crippen molar-refractivity contribution >= 4 is 27.6 Å². The number of carboxylic acid groups (broad SMARTS) is 1. The van der Waals surface area contributed by atoms with Gasteiger partial charge in [0.05, 0.1) is 16.9 Å². The van der Waals surface area contributed by atoms with Crippen molar-refractivity contribution in [3.05, 3.63) is 23.0 Å². The second kappa shape index (κ2) is 4.52. The average Bonchev–Trinajstić information content (AvgIpc) is 2.16. The summed E-state index contributed by atoms with van der Waals surface area (Å²) in [4.78, 5) is 14.1. The third-order valence-electron chi connectivity index (χ3n) is 1.73. The normalized spacial score (nSPS) is 10.7. The summed E-state index contributed by atoms with van der Waals surface area (Å²) in [5.41, 5.74) is 4.40. The molecule has 0 radical (unpaired) electrons. The predicted octanol–water partition coefficient (Wildman–Crippen LogP) is 2.19. The molecule has 0 atom stereocenters. The Balaban J connectivity index is 3.38. The van der Waals surface area contributed by atoms with Crippen molar-refractivity contribution in [1.29, 1.82) is 0 Å². The van der Waals surface area contributed by atoms with Gasteiger partial charge >= 0.3 is 5.97 Å². The third kappa shape index (κ3) is 2.41. The summed E-state index contributed by atoms with van der Waals surface area (Å²) in [6, 6.07) is 0.993.